The van der Waals surface area contributed by atoms with Crippen LogP contribution in [0.1, 0.15) is 0 Å². The first-order valence-electron chi connectivity index (χ1n) is 4.51. The number of methoxy groups -OCH3 is 1. The van der Waals surface area contributed by atoms with Crippen molar-refractivity contribution in [3.8, 4) is 22.6 Å². The molecule has 0 aliphatic heterocycles. The fraction of sp³-hybridized carbons (Fsp3) is 0.100. The second-order valence-electron chi connectivity index (χ2n) is 3.20. The third-order valence-corrected chi connectivity index (χ3v) is 2.61. The molecule has 0 aliphatic carbocycles. The van der Waals surface area contributed by atoms with Crippen molar-refractivity contribution in [3.05, 3.63) is 23.1 Å². The maximum atomic E-state index is 13.5. The van der Waals surface area contributed by atoms with Crippen LogP contribution in [0.2, 0.25) is 5.02 Å². The highest BCUT2D eigenvalue weighted by Gasteiger charge is 2.22. The Morgan fingerprint density at radius 1 is 1.59 bits per heavy atom. The number of phenolic OH excluding ortho intramolecular Hbond substituents is 1. The minimum absolute atomic E-state index is 0.0118. The van der Waals surface area contributed by atoms with Crippen LogP contribution in [0.15, 0.2) is 16.8 Å². The molecule has 1 heterocycles. The first-order valence-corrected chi connectivity index (χ1v) is 4.89. The summed E-state index contributed by atoms with van der Waals surface area (Å²) in [6.07, 6.45) is 1.23. The van der Waals surface area contributed by atoms with Gasteiger partial charge in [-0.15, -0.1) is 0 Å². The molecular weight excluding hydrogens is 251 g/mol. The van der Waals surface area contributed by atoms with Crippen LogP contribution in [-0.4, -0.2) is 17.4 Å². The number of aromatic hydroxyl groups is 1. The van der Waals surface area contributed by atoms with Gasteiger partial charge in [0.25, 0.3) is 0 Å². The third-order valence-electron chi connectivity index (χ3n) is 2.24. The molecule has 0 amide bonds. The SMILES string of the molecule is COc1cc(F)c(Cl)c(-c2cnoc2N)c1O. The zero-order valence-electron chi connectivity index (χ0n) is 8.70. The molecule has 2 rings (SSSR count). The Kier molecular flexibility index (Phi) is 2.81. The standard InChI is InChI=1S/C10H8ClFN2O3/c1-16-6-2-5(12)8(11)7(9(6)15)4-3-14-17-10(4)13/h2-3,15H,13H2,1H3. The lowest BCUT2D eigenvalue weighted by Gasteiger charge is -2.10. The van der Waals surface area contributed by atoms with Crippen LogP contribution in [-0.2, 0) is 0 Å². The van der Waals surface area contributed by atoms with Gasteiger partial charge < -0.3 is 20.1 Å². The van der Waals surface area contributed by atoms with Crippen LogP contribution >= 0.6 is 11.6 Å². The van der Waals surface area contributed by atoms with Crippen LogP contribution in [0.5, 0.6) is 11.5 Å². The van der Waals surface area contributed by atoms with Gasteiger partial charge in [-0.2, -0.15) is 0 Å². The molecule has 0 radical (unpaired) electrons. The number of rotatable bonds is 2. The highest BCUT2D eigenvalue weighted by molar-refractivity contribution is 6.34. The molecule has 2 aromatic rings. The molecule has 7 heteroatoms. The molecule has 5 nitrogen and oxygen atoms in total. The Labute approximate surface area is 101 Å². The minimum Gasteiger partial charge on any atom is -0.504 e. The fourth-order valence-corrected chi connectivity index (χ4v) is 1.68. The number of hydrogen-bond donors (Lipinski definition) is 2. The van der Waals surface area contributed by atoms with E-state index in [1.165, 1.54) is 13.3 Å². The number of aromatic nitrogens is 1. The molecule has 1 aromatic carbocycles. The summed E-state index contributed by atoms with van der Waals surface area (Å²) in [5.41, 5.74) is 5.68. The van der Waals surface area contributed by atoms with Gasteiger partial charge in [-0.1, -0.05) is 16.8 Å². The van der Waals surface area contributed by atoms with E-state index in [4.69, 9.17) is 22.1 Å². The van der Waals surface area contributed by atoms with Crippen molar-refractivity contribution >= 4 is 17.5 Å². The predicted octanol–water partition coefficient (Wildman–Crippen LogP) is 2.43. The smallest absolute Gasteiger partial charge is 0.230 e. The highest BCUT2D eigenvalue weighted by atomic mass is 35.5. The highest BCUT2D eigenvalue weighted by Crippen LogP contribution is 2.45. The summed E-state index contributed by atoms with van der Waals surface area (Å²) < 4.78 is 23.0. The van der Waals surface area contributed by atoms with E-state index in [-0.39, 0.29) is 33.5 Å². The fourth-order valence-electron chi connectivity index (χ4n) is 1.43. The molecule has 3 N–H and O–H groups in total. The van der Waals surface area contributed by atoms with E-state index < -0.39 is 5.82 Å². The first kappa shape index (κ1) is 11.5. The van der Waals surface area contributed by atoms with Gasteiger partial charge in [0.2, 0.25) is 5.88 Å². The summed E-state index contributed by atoms with van der Waals surface area (Å²) in [7, 11) is 1.29. The number of anilines is 1. The summed E-state index contributed by atoms with van der Waals surface area (Å²) >= 11 is 5.78. The van der Waals surface area contributed by atoms with E-state index in [0.717, 1.165) is 6.07 Å². The van der Waals surface area contributed by atoms with Crippen molar-refractivity contribution in [2.75, 3.05) is 12.8 Å². The van der Waals surface area contributed by atoms with Crippen molar-refractivity contribution < 1.29 is 18.8 Å². The average molecular weight is 259 g/mol. The monoisotopic (exact) mass is 258 g/mol. The van der Waals surface area contributed by atoms with Crippen molar-refractivity contribution in [1.29, 1.82) is 0 Å². The summed E-state index contributed by atoms with van der Waals surface area (Å²) in [5, 5.41) is 13.0. The molecule has 0 saturated heterocycles. The van der Waals surface area contributed by atoms with Gasteiger partial charge in [-0.05, 0) is 0 Å². The first-order chi connectivity index (χ1) is 8.06. The second-order valence-corrected chi connectivity index (χ2v) is 3.58. The van der Waals surface area contributed by atoms with Crippen LogP contribution in [0.25, 0.3) is 11.1 Å². The zero-order valence-corrected chi connectivity index (χ0v) is 9.45. The van der Waals surface area contributed by atoms with Crippen LogP contribution in [0.3, 0.4) is 0 Å². The second kappa shape index (κ2) is 4.14. The quantitative estimate of drug-likeness (QED) is 0.865. The Bertz CT molecular complexity index is 571. The van der Waals surface area contributed by atoms with E-state index in [9.17, 15) is 9.50 Å². The summed E-state index contributed by atoms with van der Waals surface area (Å²) in [4.78, 5) is 0. The van der Waals surface area contributed by atoms with Crippen molar-refractivity contribution in [2.45, 2.75) is 0 Å². The molecule has 17 heavy (non-hydrogen) atoms. The Morgan fingerprint density at radius 2 is 2.29 bits per heavy atom. The number of nitrogens with zero attached hydrogens (tertiary/aromatic N) is 1. The third kappa shape index (κ3) is 1.76. The van der Waals surface area contributed by atoms with Crippen LogP contribution in [0, 0.1) is 5.82 Å². The Balaban J connectivity index is 2.76. The maximum absolute atomic E-state index is 13.5. The van der Waals surface area contributed by atoms with Crippen LogP contribution < -0.4 is 10.5 Å². The number of phenols is 1. The topological polar surface area (TPSA) is 81.5 Å². The minimum atomic E-state index is -0.739. The van der Waals surface area contributed by atoms with Crippen LogP contribution in [0.4, 0.5) is 10.3 Å². The predicted molar refractivity (Wildman–Crippen MR) is 59.5 cm³/mol. The van der Waals surface area contributed by atoms with Crippen molar-refractivity contribution in [3.63, 3.8) is 0 Å². The number of halogens is 2. The summed E-state index contributed by atoms with van der Waals surface area (Å²) in [5.74, 6) is -1.19. The van der Waals surface area contributed by atoms with Gasteiger partial charge in [0.1, 0.15) is 5.82 Å². The lowest BCUT2D eigenvalue weighted by molar-refractivity contribution is 0.371. The van der Waals surface area contributed by atoms with Crippen molar-refractivity contribution in [2.24, 2.45) is 0 Å². The van der Waals surface area contributed by atoms with Gasteiger partial charge >= 0.3 is 0 Å². The Morgan fingerprint density at radius 3 is 2.82 bits per heavy atom. The van der Waals surface area contributed by atoms with Crippen molar-refractivity contribution in [1.82, 2.24) is 5.16 Å². The van der Waals surface area contributed by atoms with E-state index in [0.29, 0.717) is 0 Å². The van der Waals surface area contributed by atoms with E-state index in [2.05, 4.69) is 9.68 Å². The van der Waals surface area contributed by atoms with E-state index in [1.54, 1.807) is 0 Å². The Hall–Kier alpha value is -1.95. The van der Waals surface area contributed by atoms with Gasteiger partial charge in [0.05, 0.1) is 29.5 Å². The molecule has 0 fully saturated rings. The van der Waals surface area contributed by atoms with Gasteiger partial charge in [-0.25, -0.2) is 4.39 Å². The molecule has 0 saturated carbocycles. The normalized spacial score (nSPS) is 10.5. The lowest BCUT2D eigenvalue weighted by Crippen LogP contribution is -1.92. The largest absolute Gasteiger partial charge is 0.504 e. The number of ether oxygens (including phenoxy) is 1. The number of nitrogen functional groups attached to an aromatic ring is 1. The number of benzene rings is 1. The van der Waals surface area contributed by atoms with E-state index >= 15 is 0 Å². The zero-order chi connectivity index (χ0) is 12.6. The summed E-state index contributed by atoms with van der Waals surface area (Å²) in [6, 6.07) is 0.977. The molecule has 0 atom stereocenters. The summed E-state index contributed by atoms with van der Waals surface area (Å²) in [6.45, 7) is 0. The molecule has 1 aromatic heterocycles. The number of nitrogens with two attached hydrogens (primary N) is 1. The van der Waals surface area contributed by atoms with Gasteiger partial charge in [-0.3, -0.25) is 0 Å². The van der Waals surface area contributed by atoms with Gasteiger partial charge in [0, 0.05) is 6.07 Å². The molecule has 0 unspecified atom stereocenters. The van der Waals surface area contributed by atoms with Gasteiger partial charge in [0.15, 0.2) is 11.5 Å². The molecule has 0 spiro atoms. The molecule has 0 aliphatic rings. The molecule has 90 valence electrons. The number of hydrogen-bond acceptors (Lipinski definition) is 5. The van der Waals surface area contributed by atoms with E-state index in [1.807, 2.05) is 0 Å². The average Bonchev–Trinajstić information content (AvgIpc) is 2.71. The maximum Gasteiger partial charge on any atom is 0.230 e. The lowest BCUT2D eigenvalue weighted by atomic mass is 10.1. The molecule has 0 bridgehead atoms. The molecular formula is C10H8ClFN2O3.